The first-order valence-corrected chi connectivity index (χ1v) is 7.45. The Morgan fingerprint density at radius 1 is 1.42 bits per heavy atom. The summed E-state index contributed by atoms with van der Waals surface area (Å²) in [6, 6.07) is 3.20. The van der Waals surface area contributed by atoms with Crippen LogP contribution in [-0.4, -0.2) is 42.3 Å². The smallest absolute Gasteiger partial charge is 0.137 e. The summed E-state index contributed by atoms with van der Waals surface area (Å²) in [4.78, 5) is 2.28. The minimum absolute atomic E-state index is 0.263. The van der Waals surface area contributed by atoms with Gasteiger partial charge in [0.2, 0.25) is 0 Å². The van der Waals surface area contributed by atoms with Crippen LogP contribution >= 0.6 is 15.9 Å². The van der Waals surface area contributed by atoms with E-state index < -0.39 is 6.10 Å². The van der Waals surface area contributed by atoms with Crippen LogP contribution in [-0.2, 0) is 0 Å². The zero-order valence-electron chi connectivity index (χ0n) is 11.1. The molecule has 1 heterocycles. The molecule has 1 saturated heterocycles. The van der Waals surface area contributed by atoms with Gasteiger partial charge in [-0.1, -0.05) is 0 Å². The van der Waals surface area contributed by atoms with E-state index in [0.717, 1.165) is 24.3 Å². The van der Waals surface area contributed by atoms with E-state index in [4.69, 9.17) is 0 Å². The van der Waals surface area contributed by atoms with Crippen molar-refractivity contribution in [3.8, 4) is 0 Å². The number of hydrogen-bond acceptors (Lipinski definition) is 3. The maximum Gasteiger partial charge on any atom is 0.137 e. The Balaban J connectivity index is 1.85. The van der Waals surface area contributed by atoms with E-state index in [1.54, 1.807) is 6.07 Å². The molecule has 1 aliphatic heterocycles. The predicted octanol–water partition coefficient (Wildman–Crippen LogP) is 2.77. The highest BCUT2D eigenvalue weighted by Crippen LogP contribution is 2.24. The van der Waals surface area contributed by atoms with Crippen molar-refractivity contribution in [2.45, 2.75) is 25.9 Å². The predicted molar refractivity (Wildman–Crippen MR) is 79.0 cm³/mol. The summed E-state index contributed by atoms with van der Waals surface area (Å²) in [5.74, 6) is -0.263. The van der Waals surface area contributed by atoms with E-state index in [2.05, 4.69) is 26.1 Å². The molecular weight excluding hydrogens is 311 g/mol. The topological polar surface area (TPSA) is 35.5 Å². The molecule has 0 radical (unpaired) electrons. The van der Waals surface area contributed by atoms with Crippen LogP contribution in [0.25, 0.3) is 0 Å². The second-order valence-electron chi connectivity index (χ2n) is 5.12. The van der Waals surface area contributed by atoms with Crippen LogP contribution in [0.3, 0.4) is 0 Å². The van der Waals surface area contributed by atoms with Gasteiger partial charge in [0.1, 0.15) is 5.82 Å². The Morgan fingerprint density at radius 3 is 2.79 bits per heavy atom. The highest BCUT2D eigenvalue weighted by molar-refractivity contribution is 9.10. The second-order valence-corrected chi connectivity index (χ2v) is 5.98. The van der Waals surface area contributed by atoms with Crippen LogP contribution < -0.4 is 5.32 Å². The zero-order chi connectivity index (χ0) is 13.8. The van der Waals surface area contributed by atoms with E-state index in [1.165, 1.54) is 18.9 Å². The molecule has 1 aromatic carbocycles. The molecule has 5 heteroatoms. The molecular formula is C14H20BrFN2O. The monoisotopic (exact) mass is 330 g/mol. The molecule has 0 spiro atoms. The number of aliphatic hydroxyl groups is 1. The summed E-state index contributed by atoms with van der Waals surface area (Å²) >= 11 is 3.17. The fourth-order valence-corrected chi connectivity index (χ4v) is 2.74. The van der Waals surface area contributed by atoms with Crippen LogP contribution in [0.15, 0.2) is 16.6 Å². The average Bonchev–Trinajstić information content (AvgIpc) is 2.85. The Morgan fingerprint density at radius 2 is 2.11 bits per heavy atom. The number of nitrogens with one attached hydrogen (secondary N) is 1. The highest BCUT2D eigenvalue weighted by atomic mass is 79.9. The molecule has 19 heavy (non-hydrogen) atoms. The van der Waals surface area contributed by atoms with Gasteiger partial charge in [-0.2, -0.15) is 0 Å². The first-order chi connectivity index (χ1) is 9.06. The Labute approximate surface area is 121 Å². The van der Waals surface area contributed by atoms with E-state index in [0.29, 0.717) is 17.6 Å². The lowest BCUT2D eigenvalue weighted by molar-refractivity contribution is 0.135. The molecule has 106 valence electrons. The maximum absolute atomic E-state index is 13.3. The third-order valence-electron chi connectivity index (χ3n) is 3.46. The van der Waals surface area contributed by atoms with Crippen molar-refractivity contribution in [3.05, 3.63) is 28.0 Å². The number of aliphatic hydroxyl groups excluding tert-OH is 1. The molecule has 0 aliphatic carbocycles. The molecule has 2 rings (SSSR count). The summed E-state index contributed by atoms with van der Waals surface area (Å²) in [7, 11) is 0. The van der Waals surface area contributed by atoms with E-state index in [1.807, 2.05) is 6.92 Å². The molecule has 1 aromatic rings. The summed E-state index contributed by atoms with van der Waals surface area (Å²) in [5.41, 5.74) is 1.70. The largest absolute Gasteiger partial charge is 0.390 e. The van der Waals surface area contributed by atoms with Crippen molar-refractivity contribution in [1.82, 2.24) is 4.90 Å². The minimum Gasteiger partial charge on any atom is -0.390 e. The first kappa shape index (κ1) is 14.8. The first-order valence-electron chi connectivity index (χ1n) is 6.66. The van der Waals surface area contributed by atoms with Crippen molar-refractivity contribution in [3.63, 3.8) is 0 Å². The van der Waals surface area contributed by atoms with Crippen LogP contribution in [0.1, 0.15) is 18.4 Å². The zero-order valence-corrected chi connectivity index (χ0v) is 12.7. The van der Waals surface area contributed by atoms with Crippen LogP contribution in [0.2, 0.25) is 0 Å². The van der Waals surface area contributed by atoms with Crippen molar-refractivity contribution in [2.75, 3.05) is 31.5 Å². The lowest BCUT2D eigenvalue weighted by Gasteiger charge is -2.20. The number of hydrogen-bond donors (Lipinski definition) is 2. The summed E-state index contributed by atoms with van der Waals surface area (Å²) in [6.07, 6.45) is 2.05. The molecule has 0 amide bonds. The molecule has 1 atom stereocenters. The van der Waals surface area contributed by atoms with Crippen LogP contribution in [0.5, 0.6) is 0 Å². The molecule has 1 fully saturated rings. The van der Waals surface area contributed by atoms with Gasteiger partial charge < -0.3 is 15.3 Å². The Hall–Kier alpha value is -0.650. The summed E-state index contributed by atoms with van der Waals surface area (Å²) in [6.45, 7) is 5.20. The van der Waals surface area contributed by atoms with Crippen LogP contribution in [0.4, 0.5) is 10.1 Å². The molecule has 1 unspecified atom stereocenters. The van der Waals surface area contributed by atoms with E-state index >= 15 is 0 Å². The fraction of sp³-hybridized carbons (Fsp3) is 0.571. The number of likely N-dealkylation sites (tertiary alicyclic amines) is 1. The van der Waals surface area contributed by atoms with Gasteiger partial charge in [-0.15, -0.1) is 0 Å². The van der Waals surface area contributed by atoms with Gasteiger partial charge in [-0.25, -0.2) is 4.39 Å². The standard InChI is InChI=1S/C14H20BrFN2O/c1-10-6-13(16)12(15)7-14(10)17-8-11(19)9-18-4-2-3-5-18/h6-7,11,17,19H,2-5,8-9H2,1H3. The van der Waals surface area contributed by atoms with Crippen molar-refractivity contribution in [1.29, 1.82) is 0 Å². The van der Waals surface area contributed by atoms with Gasteiger partial charge in [-0.05, 0) is 66.5 Å². The number of halogens is 2. The average molecular weight is 331 g/mol. The molecule has 3 nitrogen and oxygen atoms in total. The Kier molecular flexibility index (Phi) is 5.19. The molecule has 1 aliphatic rings. The van der Waals surface area contributed by atoms with Crippen LogP contribution in [0, 0.1) is 12.7 Å². The highest BCUT2D eigenvalue weighted by Gasteiger charge is 2.15. The normalized spacial score (nSPS) is 17.7. The van der Waals surface area contributed by atoms with Gasteiger partial charge in [0, 0.05) is 18.8 Å². The van der Waals surface area contributed by atoms with E-state index in [-0.39, 0.29) is 5.82 Å². The van der Waals surface area contributed by atoms with Gasteiger partial charge in [0.05, 0.1) is 10.6 Å². The summed E-state index contributed by atoms with van der Waals surface area (Å²) in [5, 5.41) is 13.2. The second kappa shape index (κ2) is 6.68. The minimum atomic E-state index is -0.402. The van der Waals surface area contributed by atoms with Gasteiger partial charge in [-0.3, -0.25) is 0 Å². The number of benzene rings is 1. The number of β-amino-alcohol motifs (C(OH)–C–C–N with tert-alkyl or cyclic N) is 1. The maximum atomic E-state index is 13.3. The number of anilines is 1. The number of aryl methyl sites for hydroxylation is 1. The van der Waals surface area contributed by atoms with Gasteiger partial charge in [0.15, 0.2) is 0 Å². The van der Waals surface area contributed by atoms with Gasteiger partial charge >= 0.3 is 0 Å². The van der Waals surface area contributed by atoms with Crippen molar-refractivity contribution < 1.29 is 9.50 Å². The molecule has 0 bridgehead atoms. The number of nitrogens with zero attached hydrogens (tertiary/aromatic N) is 1. The Bertz CT molecular complexity index is 436. The van der Waals surface area contributed by atoms with E-state index in [9.17, 15) is 9.50 Å². The van der Waals surface area contributed by atoms with Gasteiger partial charge in [0.25, 0.3) is 0 Å². The lowest BCUT2D eigenvalue weighted by atomic mass is 10.2. The third kappa shape index (κ3) is 4.16. The lowest BCUT2D eigenvalue weighted by Crippen LogP contribution is -2.34. The fourth-order valence-electron chi connectivity index (χ4n) is 2.39. The summed E-state index contributed by atoms with van der Waals surface area (Å²) < 4.78 is 13.7. The number of rotatable bonds is 5. The molecule has 0 saturated carbocycles. The SMILES string of the molecule is Cc1cc(F)c(Br)cc1NCC(O)CN1CCCC1. The molecule has 0 aromatic heterocycles. The van der Waals surface area contributed by atoms with Crippen molar-refractivity contribution in [2.24, 2.45) is 0 Å². The third-order valence-corrected chi connectivity index (χ3v) is 4.07. The van der Waals surface area contributed by atoms with Crippen molar-refractivity contribution >= 4 is 21.6 Å². The molecule has 2 N–H and O–H groups in total. The quantitative estimate of drug-likeness (QED) is 0.871.